The van der Waals surface area contributed by atoms with Gasteiger partial charge in [0.15, 0.2) is 0 Å². The largest absolute Gasteiger partial charge is 0.492 e. The minimum Gasteiger partial charge on any atom is -0.492 e. The number of rotatable bonds is 8. The van der Waals surface area contributed by atoms with E-state index in [1.165, 1.54) is 0 Å². The first-order valence-corrected chi connectivity index (χ1v) is 8.27. The summed E-state index contributed by atoms with van der Waals surface area (Å²) >= 11 is 0. The lowest BCUT2D eigenvalue weighted by atomic mass is 10.1. The fraction of sp³-hybridized carbons (Fsp3) is 0.316. The number of carbonyl (C=O) groups excluding carboxylic acids is 1. The summed E-state index contributed by atoms with van der Waals surface area (Å²) in [5.41, 5.74) is 7.88. The number of nitrogens with two attached hydrogens (primary N) is 1. The lowest BCUT2D eigenvalue weighted by molar-refractivity contribution is 0.102. The van der Waals surface area contributed by atoms with E-state index in [0.29, 0.717) is 18.7 Å². The average Bonchev–Trinajstić information content (AvgIpc) is 2.62. The molecule has 0 atom stereocenters. The zero-order valence-electron chi connectivity index (χ0n) is 14.3. The number of benzene rings is 2. The molecule has 0 heterocycles. The highest BCUT2D eigenvalue weighted by atomic mass is 16.5. The second-order valence-corrected chi connectivity index (χ2v) is 5.33. The Morgan fingerprint density at radius 3 is 2.21 bits per heavy atom. The van der Waals surface area contributed by atoms with Crippen molar-refractivity contribution in [3.8, 4) is 5.75 Å². The molecule has 3 N–H and O–H groups in total. The van der Waals surface area contributed by atoms with Crippen LogP contribution in [0.15, 0.2) is 48.5 Å². The van der Waals surface area contributed by atoms with Crippen LogP contribution in [0.25, 0.3) is 0 Å². The summed E-state index contributed by atoms with van der Waals surface area (Å²) < 4.78 is 5.41. The molecule has 128 valence electrons. The average molecular weight is 327 g/mol. The Bertz CT molecular complexity index is 635. The first-order valence-electron chi connectivity index (χ1n) is 8.27. The van der Waals surface area contributed by atoms with Gasteiger partial charge in [-0.3, -0.25) is 4.79 Å². The molecule has 5 nitrogen and oxygen atoms in total. The Hall–Kier alpha value is -2.53. The molecule has 0 aliphatic carbocycles. The van der Waals surface area contributed by atoms with Crippen LogP contribution in [0.4, 0.5) is 11.4 Å². The van der Waals surface area contributed by atoms with Crippen LogP contribution in [0.5, 0.6) is 5.75 Å². The maximum Gasteiger partial charge on any atom is 0.255 e. The molecule has 0 spiro atoms. The molecule has 0 saturated carbocycles. The number of amides is 1. The number of hydrogen-bond donors (Lipinski definition) is 2. The van der Waals surface area contributed by atoms with Crippen LogP contribution in [0.1, 0.15) is 24.2 Å². The summed E-state index contributed by atoms with van der Waals surface area (Å²) in [6.45, 7) is 7.07. The van der Waals surface area contributed by atoms with E-state index in [-0.39, 0.29) is 5.91 Å². The van der Waals surface area contributed by atoms with E-state index >= 15 is 0 Å². The molecule has 0 fully saturated rings. The van der Waals surface area contributed by atoms with Crippen LogP contribution in [-0.4, -0.2) is 32.1 Å². The third-order valence-electron chi connectivity index (χ3n) is 3.76. The van der Waals surface area contributed by atoms with Crippen LogP contribution < -0.4 is 20.7 Å². The lowest BCUT2D eigenvalue weighted by Gasteiger charge is -2.21. The lowest BCUT2D eigenvalue weighted by Crippen LogP contribution is -2.21. The fourth-order valence-corrected chi connectivity index (χ4v) is 2.43. The molecule has 0 aliphatic heterocycles. The van der Waals surface area contributed by atoms with Gasteiger partial charge in [0.25, 0.3) is 5.91 Å². The molecule has 2 aromatic rings. The monoisotopic (exact) mass is 327 g/mol. The zero-order valence-corrected chi connectivity index (χ0v) is 14.3. The molecule has 0 aliphatic rings. The van der Waals surface area contributed by atoms with Crippen molar-refractivity contribution in [3.63, 3.8) is 0 Å². The maximum absolute atomic E-state index is 12.3. The highest BCUT2D eigenvalue weighted by Crippen LogP contribution is 2.18. The number of hydrogen-bond acceptors (Lipinski definition) is 4. The first-order chi connectivity index (χ1) is 11.7. The molecule has 0 radical (unpaired) electrons. The highest BCUT2D eigenvalue weighted by molar-refractivity contribution is 6.04. The van der Waals surface area contributed by atoms with Crippen LogP contribution >= 0.6 is 0 Å². The molecular formula is C19H25N3O2. The predicted molar refractivity (Wildman–Crippen MR) is 98.9 cm³/mol. The van der Waals surface area contributed by atoms with E-state index in [4.69, 9.17) is 10.5 Å². The van der Waals surface area contributed by atoms with Gasteiger partial charge in [0.2, 0.25) is 0 Å². The van der Waals surface area contributed by atoms with E-state index in [2.05, 4.69) is 24.1 Å². The summed E-state index contributed by atoms with van der Waals surface area (Å²) in [6, 6.07) is 14.9. The quantitative estimate of drug-likeness (QED) is 0.782. The first kappa shape index (κ1) is 17.8. The maximum atomic E-state index is 12.3. The molecule has 2 aromatic carbocycles. The minimum absolute atomic E-state index is 0.128. The summed E-state index contributed by atoms with van der Waals surface area (Å²) in [5.74, 6) is 0.610. The van der Waals surface area contributed by atoms with Crippen molar-refractivity contribution in [3.05, 3.63) is 54.1 Å². The van der Waals surface area contributed by atoms with Gasteiger partial charge in [0.1, 0.15) is 12.4 Å². The van der Waals surface area contributed by atoms with Crippen molar-refractivity contribution < 1.29 is 9.53 Å². The third-order valence-corrected chi connectivity index (χ3v) is 3.76. The number of carbonyl (C=O) groups is 1. The summed E-state index contributed by atoms with van der Waals surface area (Å²) in [4.78, 5) is 14.6. The topological polar surface area (TPSA) is 67.6 Å². The van der Waals surface area contributed by atoms with Crippen molar-refractivity contribution in [2.75, 3.05) is 36.5 Å². The number of anilines is 2. The van der Waals surface area contributed by atoms with Gasteiger partial charge in [0, 0.05) is 36.6 Å². The normalized spacial score (nSPS) is 10.3. The van der Waals surface area contributed by atoms with Crippen LogP contribution in [0, 0.1) is 0 Å². The molecule has 0 saturated heterocycles. The predicted octanol–water partition coefficient (Wildman–Crippen LogP) is 3.12. The molecule has 0 unspecified atom stereocenters. The Morgan fingerprint density at radius 2 is 1.67 bits per heavy atom. The van der Waals surface area contributed by atoms with Gasteiger partial charge in [0.05, 0.1) is 0 Å². The van der Waals surface area contributed by atoms with Crippen LogP contribution in [0.3, 0.4) is 0 Å². The summed E-state index contributed by atoms with van der Waals surface area (Å²) in [5, 5.41) is 2.89. The molecule has 2 rings (SSSR count). The fourth-order valence-electron chi connectivity index (χ4n) is 2.43. The molecule has 1 amide bonds. The smallest absolute Gasteiger partial charge is 0.255 e. The second-order valence-electron chi connectivity index (χ2n) is 5.33. The van der Waals surface area contributed by atoms with Gasteiger partial charge in [-0.1, -0.05) is 0 Å². The molecule has 24 heavy (non-hydrogen) atoms. The van der Waals surface area contributed by atoms with Crippen molar-refractivity contribution in [2.45, 2.75) is 13.8 Å². The van der Waals surface area contributed by atoms with Gasteiger partial charge in [-0.2, -0.15) is 0 Å². The minimum atomic E-state index is -0.128. The molecule has 0 bridgehead atoms. The van der Waals surface area contributed by atoms with Gasteiger partial charge in [-0.25, -0.2) is 0 Å². The van der Waals surface area contributed by atoms with Crippen LogP contribution in [-0.2, 0) is 0 Å². The SMILES string of the molecule is CCN(CC)c1ccc(C(=O)Nc2ccc(OCCN)cc2)cc1. The standard InChI is InChI=1S/C19H25N3O2/c1-3-22(4-2)17-9-5-15(6-10-17)19(23)21-16-7-11-18(12-8-16)24-14-13-20/h5-12H,3-4,13-14,20H2,1-2H3,(H,21,23). The Kier molecular flexibility index (Phi) is 6.63. The Balaban J connectivity index is 1.99. The second kappa shape index (κ2) is 8.93. The molecular weight excluding hydrogens is 302 g/mol. The Labute approximate surface area is 143 Å². The van der Waals surface area contributed by atoms with Crippen molar-refractivity contribution in [1.29, 1.82) is 0 Å². The summed E-state index contributed by atoms with van der Waals surface area (Å²) in [7, 11) is 0. The third kappa shape index (κ3) is 4.73. The van der Waals surface area contributed by atoms with Gasteiger partial charge >= 0.3 is 0 Å². The van der Waals surface area contributed by atoms with E-state index in [1.807, 2.05) is 48.5 Å². The van der Waals surface area contributed by atoms with Crippen molar-refractivity contribution in [1.82, 2.24) is 0 Å². The van der Waals surface area contributed by atoms with E-state index in [1.54, 1.807) is 0 Å². The number of ether oxygens (including phenoxy) is 1. The van der Waals surface area contributed by atoms with E-state index in [0.717, 1.165) is 30.2 Å². The molecule has 5 heteroatoms. The van der Waals surface area contributed by atoms with E-state index < -0.39 is 0 Å². The van der Waals surface area contributed by atoms with Gasteiger partial charge in [-0.05, 0) is 62.4 Å². The van der Waals surface area contributed by atoms with E-state index in [9.17, 15) is 4.79 Å². The number of nitrogens with one attached hydrogen (secondary N) is 1. The number of nitrogens with zero attached hydrogens (tertiary/aromatic N) is 1. The highest BCUT2D eigenvalue weighted by Gasteiger charge is 2.08. The van der Waals surface area contributed by atoms with Crippen molar-refractivity contribution in [2.24, 2.45) is 5.73 Å². The van der Waals surface area contributed by atoms with Gasteiger partial charge < -0.3 is 20.7 Å². The zero-order chi connectivity index (χ0) is 17.4. The summed E-state index contributed by atoms with van der Waals surface area (Å²) in [6.07, 6.45) is 0. The van der Waals surface area contributed by atoms with Crippen molar-refractivity contribution >= 4 is 17.3 Å². The van der Waals surface area contributed by atoms with Crippen LogP contribution in [0.2, 0.25) is 0 Å². The molecule has 0 aromatic heterocycles. The Morgan fingerprint density at radius 1 is 1.04 bits per heavy atom. The van der Waals surface area contributed by atoms with Gasteiger partial charge in [-0.15, -0.1) is 0 Å².